The number of pyridine rings is 1. The van der Waals surface area contributed by atoms with Gasteiger partial charge < -0.3 is 14.9 Å². The molecule has 0 radical (unpaired) electrons. The average molecular weight is 315 g/mol. The predicted octanol–water partition coefficient (Wildman–Crippen LogP) is 3.26. The minimum absolute atomic E-state index is 0.167. The van der Waals surface area contributed by atoms with Crippen LogP contribution in [0.1, 0.15) is 30.8 Å². The van der Waals surface area contributed by atoms with Crippen molar-refractivity contribution in [2.45, 2.75) is 20.3 Å². The van der Waals surface area contributed by atoms with Gasteiger partial charge in [-0.15, -0.1) is 0 Å². The van der Waals surface area contributed by atoms with Gasteiger partial charge in [-0.05, 0) is 26.0 Å². The fourth-order valence-electron chi connectivity index (χ4n) is 1.89. The molecule has 0 spiro atoms. The van der Waals surface area contributed by atoms with Crippen LogP contribution in [0.25, 0.3) is 0 Å². The van der Waals surface area contributed by atoms with Gasteiger partial charge in [0.15, 0.2) is 5.78 Å². The number of Topliss-reactive ketones (excluding diaryl/α,β-unsaturated/α-hetero) is 1. The summed E-state index contributed by atoms with van der Waals surface area (Å²) < 4.78 is 5.51. The Morgan fingerprint density at radius 2 is 1.83 bits per heavy atom. The number of aromatic hydroxyl groups is 1. The van der Waals surface area contributed by atoms with Crippen LogP contribution < -0.4 is 4.74 Å². The van der Waals surface area contributed by atoms with Crippen LogP contribution in [0, 0.1) is 5.41 Å². The second kappa shape index (κ2) is 6.48. The normalized spacial score (nSPS) is 11.0. The van der Waals surface area contributed by atoms with Crippen molar-refractivity contribution in [2.75, 3.05) is 0 Å². The monoisotopic (exact) mass is 315 g/mol. The number of aliphatic carboxylic acids is 1. The molecule has 1 aromatic heterocycles. The van der Waals surface area contributed by atoms with Gasteiger partial charge in [0, 0.05) is 12.5 Å². The van der Waals surface area contributed by atoms with E-state index in [1.165, 1.54) is 26.1 Å². The van der Waals surface area contributed by atoms with E-state index in [2.05, 4.69) is 4.98 Å². The molecule has 0 aliphatic rings. The molecule has 1 aromatic carbocycles. The molecule has 0 aliphatic heterocycles. The van der Waals surface area contributed by atoms with E-state index in [-0.39, 0.29) is 23.6 Å². The maximum atomic E-state index is 12.1. The highest BCUT2D eigenvalue weighted by molar-refractivity contribution is 5.99. The quantitative estimate of drug-likeness (QED) is 0.794. The van der Waals surface area contributed by atoms with Crippen LogP contribution >= 0.6 is 0 Å². The van der Waals surface area contributed by atoms with Crippen LogP contribution in [0.3, 0.4) is 0 Å². The summed E-state index contributed by atoms with van der Waals surface area (Å²) in [6, 6.07) is 10.2. The van der Waals surface area contributed by atoms with Crippen molar-refractivity contribution in [3.8, 4) is 17.2 Å². The van der Waals surface area contributed by atoms with Crippen LogP contribution in [-0.4, -0.2) is 26.9 Å². The molecule has 120 valence electrons. The van der Waals surface area contributed by atoms with Crippen LogP contribution in [0.2, 0.25) is 0 Å². The minimum Gasteiger partial charge on any atom is -0.505 e. The molecule has 6 heteroatoms. The van der Waals surface area contributed by atoms with Gasteiger partial charge in [0.05, 0.1) is 11.6 Å². The van der Waals surface area contributed by atoms with Gasteiger partial charge in [-0.2, -0.15) is 0 Å². The number of benzene rings is 1. The summed E-state index contributed by atoms with van der Waals surface area (Å²) >= 11 is 0. The van der Waals surface area contributed by atoms with E-state index in [0.717, 1.165) is 0 Å². The third-order valence-corrected chi connectivity index (χ3v) is 3.27. The zero-order chi connectivity index (χ0) is 17.0. The molecule has 2 N–H and O–H groups in total. The van der Waals surface area contributed by atoms with Crippen molar-refractivity contribution in [3.05, 3.63) is 48.3 Å². The van der Waals surface area contributed by atoms with Crippen molar-refractivity contribution in [1.29, 1.82) is 0 Å². The predicted molar refractivity (Wildman–Crippen MR) is 82.8 cm³/mol. The Hall–Kier alpha value is -2.89. The van der Waals surface area contributed by atoms with Crippen LogP contribution in [0.5, 0.6) is 17.2 Å². The lowest BCUT2D eigenvalue weighted by atomic mass is 9.86. The van der Waals surface area contributed by atoms with Gasteiger partial charge >= 0.3 is 5.97 Å². The van der Waals surface area contributed by atoms with E-state index in [1.54, 1.807) is 24.3 Å². The molecule has 0 saturated heterocycles. The fraction of sp³-hybridized carbons (Fsp3) is 0.235. The Balaban J connectivity index is 2.16. The van der Waals surface area contributed by atoms with E-state index in [1.807, 2.05) is 6.07 Å². The van der Waals surface area contributed by atoms with Gasteiger partial charge in [-0.1, -0.05) is 18.2 Å². The first-order valence-corrected chi connectivity index (χ1v) is 6.98. The molecule has 23 heavy (non-hydrogen) atoms. The van der Waals surface area contributed by atoms with Crippen LogP contribution in [0.4, 0.5) is 0 Å². The molecule has 0 saturated carbocycles. The third kappa shape index (κ3) is 4.06. The van der Waals surface area contributed by atoms with E-state index >= 15 is 0 Å². The molecule has 2 rings (SSSR count). The smallest absolute Gasteiger partial charge is 0.309 e. The Bertz CT molecular complexity index is 725. The first-order valence-electron chi connectivity index (χ1n) is 6.98. The van der Waals surface area contributed by atoms with Gasteiger partial charge in [-0.3, -0.25) is 9.59 Å². The second-order valence-electron chi connectivity index (χ2n) is 5.74. The molecular weight excluding hydrogens is 298 g/mol. The lowest BCUT2D eigenvalue weighted by Gasteiger charge is -2.17. The van der Waals surface area contributed by atoms with E-state index in [4.69, 9.17) is 9.84 Å². The molecule has 6 nitrogen and oxygen atoms in total. The summed E-state index contributed by atoms with van der Waals surface area (Å²) in [5.41, 5.74) is -1.40. The van der Waals surface area contributed by atoms with Crippen LogP contribution in [0.15, 0.2) is 42.6 Å². The summed E-state index contributed by atoms with van der Waals surface area (Å²) in [4.78, 5) is 27.1. The number of rotatable bonds is 6. The van der Waals surface area contributed by atoms with Crippen molar-refractivity contribution in [2.24, 2.45) is 5.41 Å². The lowest BCUT2D eigenvalue weighted by Crippen LogP contribution is -2.27. The first kappa shape index (κ1) is 16.5. The molecule has 0 fully saturated rings. The maximum Gasteiger partial charge on any atom is 0.309 e. The standard InChI is InChI=1S/C17H17NO5/c1-17(2,16(21)22)9-14(20)15-13(19)8-12(10-18-15)23-11-6-4-3-5-7-11/h3-8,10,19H,9H2,1-2H3,(H,21,22). The highest BCUT2D eigenvalue weighted by atomic mass is 16.5. The Kier molecular flexibility index (Phi) is 4.64. The topological polar surface area (TPSA) is 96.7 Å². The Labute approximate surface area is 133 Å². The molecule has 1 heterocycles. The lowest BCUT2D eigenvalue weighted by molar-refractivity contribution is -0.146. The van der Waals surface area contributed by atoms with E-state index < -0.39 is 17.2 Å². The van der Waals surface area contributed by atoms with Crippen molar-refractivity contribution < 1.29 is 24.5 Å². The molecule has 0 atom stereocenters. The number of hydrogen-bond donors (Lipinski definition) is 2. The average Bonchev–Trinajstić information content (AvgIpc) is 2.47. The number of nitrogens with zero attached hydrogens (tertiary/aromatic N) is 1. The van der Waals surface area contributed by atoms with Crippen LogP contribution in [-0.2, 0) is 4.79 Å². The summed E-state index contributed by atoms with van der Waals surface area (Å²) in [6.45, 7) is 2.88. The molecule has 0 aliphatic carbocycles. The zero-order valence-electron chi connectivity index (χ0n) is 12.8. The summed E-state index contributed by atoms with van der Waals surface area (Å²) in [6.07, 6.45) is 1.05. The number of aromatic nitrogens is 1. The number of hydrogen-bond acceptors (Lipinski definition) is 5. The number of carbonyl (C=O) groups excluding carboxylic acids is 1. The van der Waals surface area contributed by atoms with Crippen molar-refractivity contribution in [3.63, 3.8) is 0 Å². The summed E-state index contributed by atoms with van der Waals surface area (Å²) in [7, 11) is 0. The first-order chi connectivity index (χ1) is 10.8. The number of para-hydroxylation sites is 1. The van der Waals surface area contributed by atoms with Gasteiger partial charge in [-0.25, -0.2) is 4.98 Å². The number of carbonyl (C=O) groups is 2. The van der Waals surface area contributed by atoms with E-state index in [9.17, 15) is 14.7 Å². The number of ether oxygens (including phenoxy) is 1. The fourth-order valence-corrected chi connectivity index (χ4v) is 1.89. The molecule has 2 aromatic rings. The van der Waals surface area contributed by atoms with Crippen molar-refractivity contribution in [1.82, 2.24) is 4.98 Å². The van der Waals surface area contributed by atoms with Gasteiger partial charge in [0.1, 0.15) is 22.9 Å². The van der Waals surface area contributed by atoms with Crippen molar-refractivity contribution >= 4 is 11.8 Å². The second-order valence-corrected chi connectivity index (χ2v) is 5.74. The largest absolute Gasteiger partial charge is 0.505 e. The van der Waals surface area contributed by atoms with E-state index in [0.29, 0.717) is 5.75 Å². The number of ketones is 1. The summed E-state index contributed by atoms with van der Waals surface area (Å²) in [5.74, 6) is -1.12. The zero-order valence-corrected chi connectivity index (χ0v) is 12.8. The Morgan fingerprint density at radius 1 is 1.17 bits per heavy atom. The van der Waals surface area contributed by atoms with Gasteiger partial charge in [0.25, 0.3) is 0 Å². The molecule has 0 bridgehead atoms. The Morgan fingerprint density at radius 3 is 2.39 bits per heavy atom. The molecular formula is C17H17NO5. The number of carboxylic acid groups (broad SMARTS) is 1. The molecule has 0 amide bonds. The maximum absolute atomic E-state index is 12.1. The molecule has 0 unspecified atom stereocenters. The highest BCUT2D eigenvalue weighted by Gasteiger charge is 2.31. The third-order valence-electron chi connectivity index (χ3n) is 3.27. The van der Waals surface area contributed by atoms with Gasteiger partial charge in [0.2, 0.25) is 0 Å². The minimum atomic E-state index is -1.23. The highest BCUT2D eigenvalue weighted by Crippen LogP contribution is 2.29. The summed E-state index contributed by atoms with van der Waals surface area (Å²) in [5, 5.41) is 19.0. The number of carboxylic acids is 1. The SMILES string of the molecule is CC(C)(CC(=O)c1ncc(Oc2ccccc2)cc1O)C(=O)O.